The second-order valence-corrected chi connectivity index (χ2v) is 5.77. The Balaban J connectivity index is 1.81. The summed E-state index contributed by atoms with van der Waals surface area (Å²) in [5, 5.41) is 4.15. The molecule has 134 valence electrons. The van der Waals surface area contributed by atoms with Gasteiger partial charge in [0.05, 0.1) is 5.69 Å². The molecule has 0 atom stereocenters. The Labute approximate surface area is 147 Å². The summed E-state index contributed by atoms with van der Waals surface area (Å²) < 4.78 is 41.2. The van der Waals surface area contributed by atoms with E-state index < -0.39 is 17.5 Å². The maximum atomic E-state index is 13.8. The molecule has 0 aliphatic rings. The lowest BCUT2D eigenvalue weighted by Crippen LogP contribution is -2.27. The lowest BCUT2D eigenvalue weighted by atomic mass is 10.2. The van der Waals surface area contributed by atoms with Crippen LogP contribution in [0.3, 0.4) is 0 Å². The molecule has 0 fully saturated rings. The molecule has 0 bridgehead atoms. The van der Waals surface area contributed by atoms with E-state index in [-0.39, 0.29) is 23.7 Å². The normalized spacial score (nSPS) is 10.8. The summed E-state index contributed by atoms with van der Waals surface area (Å²) in [6.45, 7) is 1.60. The Bertz CT molecular complexity index is 954. The standard InChI is InChI=1S/C18H15F3N4O/c1-11-22-17(23-25(11)15-7-5-13(19)6-8-15)18(26)24(2)10-12-3-4-14(20)9-16(12)21/h3-9H,10H2,1-2H3. The monoisotopic (exact) mass is 360 g/mol. The molecule has 8 heteroatoms. The van der Waals surface area contributed by atoms with Gasteiger partial charge in [0.15, 0.2) is 0 Å². The first kappa shape index (κ1) is 17.7. The third-order valence-electron chi connectivity index (χ3n) is 3.80. The molecular weight excluding hydrogens is 345 g/mol. The molecule has 0 saturated heterocycles. The first-order valence-electron chi connectivity index (χ1n) is 7.74. The van der Waals surface area contributed by atoms with Crippen molar-refractivity contribution >= 4 is 5.91 Å². The van der Waals surface area contributed by atoms with E-state index in [0.717, 1.165) is 12.1 Å². The van der Waals surface area contributed by atoms with Crippen LogP contribution in [0.4, 0.5) is 13.2 Å². The predicted octanol–water partition coefficient (Wildman–Crippen LogP) is 3.27. The van der Waals surface area contributed by atoms with Gasteiger partial charge >= 0.3 is 0 Å². The fourth-order valence-corrected chi connectivity index (χ4v) is 2.46. The summed E-state index contributed by atoms with van der Waals surface area (Å²) in [5.41, 5.74) is 0.736. The number of aromatic nitrogens is 3. The Morgan fingerprint density at radius 3 is 2.38 bits per heavy atom. The van der Waals surface area contributed by atoms with Crippen LogP contribution in [0.25, 0.3) is 5.69 Å². The highest BCUT2D eigenvalue weighted by molar-refractivity contribution is 5.90. The number of nitrogens with zero attached hydrogens (tertiary/aromatic N) is 4. The molecule has 5 nitrogen and oxygen atoms in total. The van der Waals surface area contributed by atoms with Crippen LogP contribution in [-0.4, -0.2) is 32.6 Å². The van der Waals surface area contributed by atoms with E-state index in [9.17, 15) is 18.0 Å². The second-order valence-electron chi connectivity index (χ2n) is 5.77. The lowest BCUT2D eigenvalue weighted by Gasteiger charge is -2.15. The second kappa shape index (κ2) is 6.99. The van der Waals surface area contributed by atoms with E-state index in [2.05, 4.69) is 10.1 Å². The zero-order valence-electron chi connectivity index (χ0n) is 14.1. The first-order valence-corrected chi connectivity index (χ1v) is 7.74. The molecule has 1 heterocycles. The smallest absolute Gasteiger partial charge is 0.293 e. The van der Waals surface area contributed by atoms with Crippen LogP contribution in [0, 0.1) is 24.4 Å². The minimum absolute atomic E-state index is 0.0604. The number of amides is 1. The van der Waals surface area contributed by atoms with Crippen LogP contribution in [0.2, 0.25) is 0 Å². The van der Waals surface area contributed by atoms with E-state index in [1.54, 1.807) is 6.92 Å². The molecule has 3 aromatic rings. The van der Waals surface area contributed by atoms with Gasteiger partial charge in [-0.3, -0.25) is 4.79 Å². The van der Waals surface area contributed by atoms with Gasteiger partial charge in [0.25, 0.3) is 5.91 Å². The van der Waals surface area contributed by atoms with Crippen LogP contribution in [0.5, 0.6) is 0 Å². The van der Waals surface area contributed by atoms with Crippen molar-refractivity contribution in [3.63, 3.8) is 0 Å². The molecule has 0 aliphatic carbocycles. The fraction of sp³-hybridized carbons (Fsp3) is 0.167. The third kappa shape index (κ3) is 3.58. The largest absolute Gasteiger partial charge is 0.334 e. The van der Waals surface area contributed by atoms with Gasteiger partial charge in [-0.05, 0) is 37.3 Å². The summed E-state index contributed by atoms with van der Waals surface area (Å²) in [5.74, 6) is -1.94. The average Bonchev–Trinajstić information content (AvgIpc) is 2.99. The zero-order valence-corrected chi connectivity index (χ0v) is 14.1. The van der Waals surface area contributed by atoms with Crippen LogP contribution < -0.4 is 0 Å². The lowest BCUT2D eigenvalue weighted by molar-refractivity contribution is 0.0771. The number of aryl methyl sites for hydroxylation is 1. The van der Waals surface area contributed by atoms with E-state index >= 15 is 0 Å². The Hall–Kier alpha value is -3.16. The molecule has 0 radical (unpaired) electrons. The molecule has 1 amide bonds. The van der Waals surface area contributed by atoms with Gasteiger partial charge in [0.1, 0.15) is 23.3 Å². The number of carbonyl (C=O) groups excluding carboxylic acids is 1. The van der Waals surface area contributed by atoms with Crippen molar-refractivity contribution in [1.82, 2.24) is 19.7 Å². The Morgan fingerprint density at radius 2 is 1.73 bits per heavy atom. The summed E-state index contributed by atoms with van der Waals surface area (Å²) in [4.78, 5) is 17.9. The zero-order chi connectivity index (χ0) is 18.8. The summed E-state index contributed by atoms with van der Waals surface area (Å²) in [6, 6.07) is 8.76. The van der Waals surface area contributed by atoms with Gasteiger partial charge in [-0.15, -0.1) is 5.10 Å². The van der Waals surface area contributed by atoms with Gasteiger partial charge in [-0.1, -0.05) is 6.07 Å². The van der Waals surface area contributed by atoms with E-state index in [1.165, 1.54) is 47.0 Å². The van der Waals surface area contributed by atoms with E-state index in [0.29, 0.717) is 11.5 Å². The Morgan fingerprint density at radius 1 is 1.08 bits per heavy atom. The van der Waals surface area contributed by atoms with Crippen molar-refractivity contribution in [3.05, 3.63) is 77.1 Å². The molecule has 0 saturated carbocycles. The van der Waals surface area contributed by atoms with Crippen LogP contribution in [-0.2, 0) is 6.54 Å². The van der Waals surface area contributed by atoms with E-state index in [4.69, 9.17) is 0 Å². The van der Waals surface area contributed by atoms with Crippen molar-refractivity contribution in [2.75, 3.05) is 7.05 Å². The number of halogens is 3. The third-order valence-corrected chi connectivity index (χ3v) is 3.80. The highest BCUT2D eigenvalue weighted by Gasteiger charge is 2.20. The molecule has 26 heavy (non-hydrogen) atoms. The SMILES string of the molecule is Cc1nc(C(=O)N(C)Cc2ccc(F)cc2F)nn1-c1ccc(F)cc1. The molecule has 0 spiro atoms. The molecule has 3 rings (SSSR count). The minimum atomic E-state index is -0.731. The Kier molecular flexibility index (Phi) is 4.75. The quantitative estimate of drug-likeness (QED) is 0.718. The number of carbonyl (C=O) groups is 1. The summed E-state index contributed by atoms with van der Waals surface area (Å²) >= 11 is 0. The fourth-order valence-electron chi connectivity index (χ4n) is 2.46. The molecule has 1 aromatic heterocycles. The molecule has 0 aliphatic heterocycles. The maximum Gasteiger partial charge on any atom is 0.293 e. The van der Waals surface area contributed by atoms with Crippen LogP contribution in [0.1, 0.15) is 22.0 Å². The summed E-state index contributed by atoms with van der Waals surface area (Å²) in [7, 11) is 1.47. The van der Waals surface area contributed by atoms with Crippen molar-refractivity contribution in [2.45, 2.75) is 13.5 Å². The first-order chi connectivity index (χ1) is 12.3. The van der Waals surface area contributed by atoms with E-state index in [1.807, 2.05) is 0 Å². The molecular formula is C18H15F3N4O. The highest BCUT2D eigenvalue weighted by Crippen LogP contribution is 2.14. The maximum absolute atomic E-state index is 13.8. The van der Waals surface area contributed by atoms with Crippen molar-refractivity contribution < 1.29 is 18.0 Å². The van der Waals surface area contributed by atoms with Crippen molar-refractivity contribution in [1.29, 1.82) is 0 Å². The minimum Gasteiger partial charge on any atom is -0.334 e. The predicted molar refractivity (Wildman–Crippen MR) is 88.2 cm³/mol. The number of hydrogen-bond donors (Lipinski definition) is 0. The molecule has 0 N–H and O–H groups in total. The topological polar surface area (TPSA) is 51.0 Å². The number of benzene rings is 2. The molecule has 2 aromatic carbocycles. The highest BCUT2D eigenvalue weighted by atomic mass is 19.1. The molecule has 0 unspecified atom stereocenters. The van der Waals surface area contributed by atoms with Crippen LogP contribution in [0.15, 0.2) is 42.5 Å². The summed E-state index contributed by atoms with van der Waals surface area (Å²) in [6.07, 6.45) is 0. The number of rotatable bonds is 4. The van der Waals surface area contributed by atoms with Crippen molar-refractivity contribution in [2.24, 2.45) is 0 Å². The van der Waals surface area contributed by atoms with Gasteiger partial charge < -0.3 is 4.90 Å². The van der Waals surface area contributed by atoms with Crippen LogP contribution >= 0.6 is 0 Å². The van der Waals surface area contributed by atoms with Gasteiger partial charge in [-0.25, -0.2) is 22.8 Å². The van der Waals surface area contributed by atoms with Gasteiger partial charge in [-0.2, -0.15) is 0 Å². The average molecular weight is 360 g/mol. The number of hydrogen-bond acceptors (Lipinski definition) is 3. The van der Waals surface area contributed by atoms with Crippen molar-refractivity contribution in [3.8, 4) is 5.69 Å². The van der Waals surface area contributed by atoms with Gasteiger partial charge in [0, 0.05) is 25.2 Å². The van der Waals surface area contributed by atoms with Gasteiger partial charge in [0.2, 0.25) is 5.82 Å².